The number of nitrogens with zero attached hydrogens (tertiary/aromatic N) is 1. The number of fused-ring (bicyclic) bond motifs is 4. The topological polar surface area (TPSA) is 156 Å². The number of methoxy groups -OCH3 is 1. The highest BCUT2D eigenvalue weighted by Crippen LogP contribution is 2.51. The van der Waals surface area contributed by atoms with Crippen molar-refractivity contribution in [2.45, 2.75) is 37.0 Å². The summed E-state index contributed by atoms with van der Waals surface area (Å²) < 4.78 is 17.1. The van der Waals surface area contributed by atoms with Crippen molar-refractivity contribution in [3.8, 4) is 11.5 Å². The minimum absolute atomic E-state index is 0.0188. The highest BCUT2D eigenvalue weighted by atomic mass is 16.5. The van der Waals surface area contributed by atoms with Gasteiger partial charge in [0.05, 0.1) is 25.7 Å². The molecule has 11 heteroatoms. The number of para-hydroxylation sites is 1. The van der Waals surface area contributed by atoms with Crippen molar-refractivity contribution >= 4 is 29.1 Å². The second kappa shape index (κ2) is 11.1. The number of aliphatic hydroxyl groups is 2. The molecule has 1 fully saturated rings. The Bertz CT molecular complexity index is 1660. The summed E-state index contributed by atoms with van der Waals surface area (Å²) in [6.07, 6.45) is 1.62. The fourth-order valence-electron chi connectivity index (χ4n) is 5.84. The fraction of sp³-hybridized carbons (Fsp3) is 0.355. The first-order valence-electron chi connectivity index (χ1n) is 13.8. The van der Waals surface area contributed by atoms with E-state index in [1.807, 2.05) is 0 Å². The van der Waals surface area contributed by atoms with Crippen molar-refractivity contribution in [2.75, 3.05) is 26.8 Å². The lowest BCUT2D eigenvalue weighted by Gasteiger charge is -2.40. The molecule has 1 aliphatic heterocycles. The average molecular weight is 575 g/mol. The highest BCUT2D eigenvalue weighted by Gasteiger charge is 2.52. The summed E-state index contributed by atoms with van der Waals surface area (Å²) in [6.45, 7) is -0.0632. The van der Waals surface area contributed by atoms with Crippen LogP contribution >= 0.6 is 0 Å². The minimum Gasteiger partial charge on any atom is -0.493 e. The number of hydrogen-bond acceptors (Lipinski definition) is 9. The number of rotatable bonds is 9. The third-order valence-corrected chi connectivity index (χ3v) is 8.06. The second-order valence-corrected chi connectivity index (χ2v) is 10.8. The number of ether oxygens (including phenoxy) is 2. The van der Waals surface area contributed by atoms with E-state index >= 15 is 0 Å². The number of benzene rings is 2. The van der Waals surface area contributed by atoms with E-state index in [1.54, 1.807) is 30.3 Å². The van der Waals surface area contributed by atoms with Gasteiger partial charge in [0.1, 0.15) is 29.6 Å². The summed E-state index contributed by atoms with van der Waals surface area (Å²) in [7, 11) is 1.42. The molecule has 3 N–H and O–H groups in total. The molecule has 0 bridgehead atoms. The van der Waals surface area contributed by atoms with Gasteiger partial charge in [-0.25, -0.2) is 4.79 Å². The van der Waals surface area contributed by atoms with Crippen LogP contribution in [0, 0.1) is 5.92 Å². The van der Waals surface area contributed by atoms with E-state index in [0.29, 0.717) is 28.4 Å². The fourth-order valence-corrected chi connectivity index (χ4v) is 5.84. The quantitative estimate of drug-likeness (QED) is 0.256. The van der Waals surface area contributed by atoms with Gasteiger partial charge in [0.2, 0.25) is 5.91 Å². The Kier molecular flexibility index (Phi) is 7.29. The molecule has 2 aliphatic carbocycles. The molecule has 11 nitrogen and oxygen atoms in total. The van der Waals surface area contributed by atoms with E-state index < -0.39 is 41.6 Å². The molecule has 3 aliphatic rings. The van der Waals surface area contributed by atoms with Gasteiger partial charge in [-0.3, -0.25) is 14.4 Å². The van der Waals surface area contributed by atoms with Gasteiger partial charge in [0.15, 0.2) is 11.5 Å². The SMILES string of the molecule is COc1cc(C=O)cc2c1OC1C2C(C(=O)NCCO)=CC(N(CC2CC2)C(=O)c2cc3ccccc3oc2=O)C1O. The number of aliphatic hydroxyl groups excluding tert-OH is 2. The number of hydrogen-bond donors (Lipinski definition) is 3. The van der Waals surface area contributed by atoms with Crippen LogP contribution in [0.25, 0.3) is 11.0 Å². The zero-order valence-electron chi connectivity index (χ0n) is 22.8. The van der Waals surface area contributed by atoms with E-state index in [4.69, 9.17) is 13.9 Å². The van der Waals surface area contributed by atoms with Crippen molar-refractivity contribution in [1.82, 2.24) is 10.2 Å². The Hall–Kier alpha value is -4.48. The Balaban J connectivity index is 1.46. The van der Waals surface area contributed by atoms with Crippen LogP contribution in [-0.4, -0.2) is 78.3 Å². The molecular formula is C31H30N2O9. The van der Waals surface area contributed by atoms with Crippen LogP contribution in [0.2, 0.25) is 0 Å². The molecule has 0 saturated heterocycles. The summed E-state index contributed by atoms with van der Waals surface area (Å²) in [5.41, 5.74) is 0.345. The molecule has 1 aromatic heterocycles. The summed E-state index contributed by atoms with van der Waals surface area (Å²) >= 11 is 0. The maximum absolute atomic E-state index is 14.1. The molecule has 42 heavy (non-hydrogen) atoms. The second-order valence-electron chi connectivity index (χ2n) is 10.8. The molecular weight excluding hydrogens is 544 g/mol. The predicted octanol–water partition coefficient (Wildman–Crippen LogP) is 1.79. The minimum atomic E-state index is -1.31. The van der Waals surface area contributed by atoms with E-state index in [0.717, 1.165) is 12.8 Å². The first kappa shape index (κ1) is 27.7. The average Bonchev–Trinajstić information content (AvgIpc) is 3.75. The third kappa shape index (κ3) is 4.84. The van der Waals surface area contributed by atoms with Crippen LogP contribution in [0.1, 0.15) is 45.0 Å². The van der Waals surface area contributed by atoms with Crippen molar-refractivity contribution in [3.63, 3.8) is 0 Å². The van der Waals surface area contributed by atoms with Gasteiger partial charge in [0.25, 0.3) is 5.91 Å². The molecule has 0 spiro atoms. The van der Waals surface area contributed by atoms with Gasteiger partial charge in [-0.2, -0.15) is 0 Å². The molecule has 3 aromatic rings. The normalized spacial score (nSPS) is 22.4. The van der Waals surface area contributed by atoms with Crippen molar-refractivity contribution < 1.29 is 38.5 Å². The third-order valence-electron chi connectivity index (χ3n) is 8.06. The molecule has 4 unspecified atom stereocenters. The van der Waals surface area contributed by atoms with Gasteiger partial charge in [-0.15, -0.1) is 0 Å². The molecule has 1 saturated carbocycles. The number of amides is 2. The Morgan fingerprint density at radius 1 is 1.19 bits per heavy atom. The Morgan fingerprint density at radius 2 is 1.98 bits per heavy atom. The van der Waals surface area contributed by atoms with Crippen LogP contribution in [0.15, 0.2) is 63.3 Å². The number of aldehydes is 1. The lowest BCUT2D eigenvalue weighted by molar-refractivity contribution is -0.118. The Morgan fingerprint density at radius 3 is 2.69 bits per heavy atom. The lowest BCUT2D eigenvalue weighted by atomic mass is 9.77. The standard InChI is InChI=1S/C31H30N2O9/c1-40-24-11-17(15-35)10-19-25-20(29(37)32-8-9-34)13-22(26(36)28(25)42-27(19)24)33(14-16-6-7-16)30(38)21-12-18-4-2-3-5-23(18)41-31(21)39/h2-5,10-13,15-16,22,25-26,28,34,36H,6-9,14H2,1H3,(H,32,37). The van der Waals surface area contributed by atoms with Gasteiger partial charge >= 0.3 is 5.63 Å². The lowest BCUT2D eigenvalue weighted by Crippen LogP contribution is -2.56. The van der Waals surface area contributed by atoms with Crippen LogP contribution in [-0.2, 0) is 4.79 Å². The predicted molar refractivity (Wildman–Crippen MR) is 150 cm³/mol. The smallest absolute Gasteiger partial charge is 0.349 e. The van der Waals surface area contributed by atoms with E-state index in [-0.39, 0.29) is 48.2 Å². The largest absolute Gasteiger partial charge is 0.493 e. The van der Waals surface area contributed by atoms with Crippen molar-refractivity contribution in [3.05, 3.63) is 81.2 Å². The zero-order chi connectivity index (χ0) is 29.5. The molecule has 4 atom stereocenters. The van der Waals surface area contributed by atoms with Gasteiger partial charge in [-0.1, -0.05) is 18.2 Å². The van der Waals surface area contributed by atoms with Crippen LogP contribution in [0.4, 0.5) is 0 Å². The van der Waals surface area contributed by atoms with Crippen molar-refractivity contribution in [2.24, 2.45) is 5.92 Å². The van der Waals surface area contributed by atoms with Gasteiger partial charge in [-0.05, 0) is 49.1 Å². The number of nitrogens with one attached hydrogen (secondary N) is 1. The maximum atomic E-state index is 14.1. The van der Waals surface area contributed by atoms with Gasteiger partial charge < -0.3 is 34.3 Å². The molecule has 218 valence electrons. The molecule has 6 rings (SSSR count). The molecule has 2 aromatic carbocycles. The van der Waals surface area contributed by atoms with Gasteiger partial charge in [0, 0.05) is 35.2 Å². The zero-order valence-corrected chi connectivity index (χ0v) is 22.8. The van der Waals surface area contributed by atoms with Crippen LogP contribution < -0.4 is 20.4 Å². The molecule has 2 heterocycles. The first-order chi connectivity index (χ1) is 20.3. The number of carbonyl (C=O) groups is 3. The summed E-state index contributed by atoms with van der Waals surface area (Å²) in [5, 5.41) is 24.3. The summed E-state index contributed by atoms with van der Waals surface area (Å²) in [6, 6.07) is 10.4. The monoisotopic (exact) mass is 574 g/mol. The Labute approximate surface area is 240 Å². The molecule has 0 radical (unpaired) electrons. The van der Waals surface area contributed by atoms with E-state index in [9.17, 15) is 29.4 Å². The summed E-state index contributed by atoms with van der Waals surface area (Å²) in [4.78, 5) is 53.6. The maximum Gasteiger partial charge on any atom is 0.349 e. The van der Waals surface area contributed by atoms with E-state index in [1.165, 1.54) is 30.2 Å². The summed E-state index contributed by atoms with van der Waals surface area (Å²) in [5.74, 6) is -1.22. The van der Waals surface area contributed by atoms with Crippen LogP contribution in [0.5, 0.6) is 11.5 Å². The first-order valence-corrected chi connectivity index (χ1v) is 13.8. The van der Waals surface area contributed by atoms with Crippen LogP contribution in [0.3, 0.4) is 0 Å². The highest BCUT2D eigenvalue weighted by molar-refractivity contribution is 5.99. The molecule has 2 amide bonds. The van der Waals surface area contributed by atoms with E-state index in [2.05, 4.69) is 5.32 Å². The number of carbonyl (C=O) groups excluding carboxylic acids is 3. The van der Waals surface area contributed by atoms with Crippen molar-refractivity contribution in [1.29, 1.82) is 0 Å².